The lowest BCUT2D eigenvalue weighted by Crippen LogP contribution is -2.09. The standard InChI is InChI=1S/C24H26BrNO3/c1-7-28-23-16(5)24-20(15(4)17(6)29-24)12-19(23)13(2)11-22(27)26-18-8-9-21(25)14(3)10-18/h8-12H,7H2,1-6H3,(H,26,27)/b13-11+. The largest absolute Gasteiger partial charge is 0.493 e. The zero-order valence-electron chi connectivity index (χ0n) is 17.7. The third kappa shape index (κ3) is 4.25. The van der Waals surface area contributed by atoms with Crippen LogP contribution in [-0.2, 0) is 4.79 Å². The fraction of sp³-hybridized carbons (Fsp3) is 0.292. The Morgan fingerprint density at radius 3 is 2.55 bits per heavy atom. The van der Waals surface area contributed by atoms with Crippen LogP contribution in [0.1, 0.15) is 41.9 Å². The summed E-state index contributed by atoms with van der Waals surface area (Å²) < 4.78 is 12.9. The Kier molecular flexibility index (Phi) is 6.18. The number of amides is 1. The number of hydrogen-bond donors (Lipinski definition) is 1. The Hall–Kier alpha value is -2.53. The highest BCUT2D eigenvalue weighted by Crippen LogP contribution is 2.38. The summed E-state index contributed by atoms with van der Waals surface area (Å²) in [5, 5.41) is 3.98. The Bertz CT molecular complexity index is 1130. The molecule has 29 heavy (non-hydrogen) atoms. The van der Waals surface area contributed by atoms with Gasteiger partial charge in [0, 0.05) is 32.7 Å². The van der Waals surface area contributed by atoms with Crippen LogP contribution in [0.15, 0.2) is 39.2 Å². The van der Waals surface area contributed by atoms with Gasteiger partial charge in [-0.05, 0) is 82.5 Å². The maximum Gasteiger partial charge on any atom is 0.248 e. The lowest BCUT2D eigenvalue weighted by Gasteiger charge is -2.14. The highest BCUT2D eigenvalue weighted by Gasteiger charge is 2.18. The lowest BCUT2D eigenvalue weighted by atomic mass is 9.98. The summed E-state index contributed by atoms with van der Waals surface area (Å²) in [6.45, 7) is 12.4. The van der Waals surface area contributed by atoms with Gasteiger partial charge in [-0.15, -0.1) is 0 Å². The van der Waals surface area contributed by atoms with Crippen LogP contribution in [0.2, 0.25) is 0 Å². The molecule has 0 spiro atoms. The van der Waals surface area contributed by atoms with Gasteiger partial charge in [-0.3, -0.25) is 4.79 Å². The lowest BCUT2D eigenvalue weighted by molar-refractivity contribution is -0.111. The quantitative estimate of drug-likeness (QED) is 0.427. The Labute approximate surface area is 180 Å². The maximum atomic E-state index is 12.6. The van der Waals surface area contributed by atoms with Crippen molar-refractivity contribution in [2.45, 2.75) is 41.5 Å². The number of furan rings is 1. The minimum absolute atomic E-state index is 0.176. The van der Waals surface area contributed by atoms with Crippen LogP contribution in [0.5, 0.6) is 5.75 Å². The minimum atomic E-state index is -0.176. The van der Waals surface area contributed by atoms with E-state index in [0.29, 0.717) is 6.61 Å². The van der Waals surface area contributed by atoms with E-state index in [1.807, 2.05) is 59.7 Å². The molecule has 0 aliphatic carbocycles. The molecule has 0 atom stereocenters. The normalized spacial score (nSPS) is 11.8. The van der Waals surface area contributed by atoms with Crippen molar-refractivity contribution in [1.29, 1.82) is 0 Å². The third-order valence-electron chi connectivity index (χ3n) is 5.13. The molecule has 0 saturated carbocycles. The summed E-state index contributed by atoms with van der Waals surface area (Å²) in [6, 6.07) is 7.79. The molecular weight excluding hydrogens is 430 g/mol. The number of aryl methyl sites for hydroxylation is 4. The van der Waals surface area contributed by atoms with Gasteiger partial charge in [-0.2, -0.15) is 0 Å². The van der Waals surface area contributed by atoms with Crippen LogP contribution in [0.4, 0.5) is 5.69 Å². The summed E-state index contributed by atoms with van der Waals surface area (Å²) in [7, 11) is 0. The van der Waals surface area contributed by atoms with Crippen molar-refractivity contribution in [3.05, 3.63) is 62.8 Å². The molecule has 4 nitrogen and oxygen atoms in total. The Morgan fingerprint density at radius 2 is 1.90 bits per heavy atom. The predicted octanol–water partition coefficient (Wildman–Crippen LogP) is 6.87. The minimum Gasteiger partial charge on any atom is -0.493 e. The molecule has 1 N–H and O–H groups in total. The van der Waals surface area contributed by atoms with Crippen molar-refractivity contribution in [3.63, 3.8) is 0 Å². The monoisotopic (exact) mass is 455 g/mol. The first-order chi connectivity index (χ1) is 13.7. The first-order valence-electron chi connectivity index (χ1n) is 9.64. The van der Waals surface area contributed by atoms with Gasteiger partial charge in [0.2, 0.25) is 5.91 Å². The Morgan fingerprint density at radius 1 is 1.17 bits per heavy atom. The topological polar surface area (TPSA) is 51.5 Å². The SMILES string of the molecule is CCOc1c(/C(C)=C/C(=O)Nc2ccc(Br)c(C)c2)cc2c(C)c(C)oc2c1C. The number of benzene rings is 2. The van der Waals surface area contributed by atoms with Crippen LogP contribution in [0.25, 0.3) is 16.5 Å². The van der Waals surface area contributed by atoms with Crippen molar-refractivity contribution >= 4 is 44.1 Å². The zero-order valence-corrected chi connectivity index (χ0v) is 19.3. The van der Waals surface area contributed by atoms with Crippen molar-refractivity contribution in [3.8, 4) is 5.75 Å². The molecule has 0 saturated heterocycles. The fourth-order valence-corrected chi connectivity index (χ4v) is 3.66. The Balaban J connectivity index is 2.00. The van der Waals surface area contributed by atoms with Crippen molar-refractivity contribution < 1.29 is 13.9 Å². The molecule has 0 radical (unpaired) electrons. The molecular formula is C24H26BrNO3. The predicted molar refractivity (Wildman–Crippen MR) is 123 cm³/mol. The summed E-state index contributed by atoms with van der Waals surface area (Å²) >= 11 is 3.48. The van der Waals surface area contributed by atoms with Gasteiger partial charge in [0.05, 0.1) is 6.61 Å². The number of rotatable bonds is 5. The molecule has 1 aromatic heterocycles. The molecule has 5 heteroatoms. The molecule has 0 aliphatic rings. The highest BCUT2D eigenvalue weighted by molar-refractivity contribution is 9.10. The molecule has 0 bridgehead atoms. The van der Waals surface area contributed by atoms with E-state index in [2.05, 4.69) is 27.3 Å². The van der Waals surface area contributed by atoms with Gasteiger partial charge < -0.3 is 14.5 Å². The summed E-state index contributed by atoms with van der Waals surface area (Å²) in [5.74, 6) is 1.48. The number of nitrogens with one attached hydrogen (secondary N) is 1. The van der Waals surface area contributed by atoms with E-state index in [-0.39, 0.29) is 5.91 Å². The van der Waals surface area contributed by atoms with Gasteiger partial charge >= 0.3 is 0 Å². The maximum absolute atomic E-state index is 12.6. The van der Waals surface area contributed by atoms with Crippen LogP contribution in [0.3, 0.4) is 0 Å². The van der Waals surface area contributed by atoms with Crippen LogP contribution < -0.4 is 10.1 Å². The number of ether oxygens (including phenoxy) is 1. The highest BCUT2D eigenvalue weighted by atomic mass is 79.9. The molecule has 3 rings (SSSR count). The van der Waals surface area contributed by atoms with Gasteiger partial charge in [0.1, 0.15) is 17.1 Å². The zero-order chi connectivity index (χ0) is 21.3. The molecule has 0 fully saturated rings. The first kappa shape index (κ1) is 21.2. The number of halogens is 1. The van der Waals surface area contributed by atoms with E-state index in [0.717, 1.165) is 60.5 Å². The molecule has 2 aromatic carbocycles. The number of hydrogen-bond acceptors (Lipinski definition) is 3. The molecule has 0 unspecified atom stereocenters. The van der Waals surface area contributed by atoms with E-state index in [4.69, 9.17) is 9.15 Å². The second-order valence-corrected chi connectivity index (χ2v) is 8.11. The van der Waals surface area contributed by atoms with E-state index in [9.17, 15) is 4.79 Å². The summed E-state index contributed by atoms with van der Waals surface area (Å²) in [5.41, 5.74) is 6.47. The second-order valence-electron chi connectivity index (χ2n) is 7.25. The fourth-order valence-electron chi connectivity index (χ4n) is 3.41. The molecule has 1 amide bonds. The smallest absolute Gasteiger partial charge is 0.248 e. The third-order valence-corrected chi connectivity index (χ3v) is 6.02. The van der Waals surface area contributed by atoms with Crippen molar-refractivity contribution in [2.24, 2.45) is 0 Å². The molecule has 0 aliphatic heterocycles. The second kappa shape index (κ2) is 8.46. The van der Waals surface area contributed by atoms with Crippen LogP contribution in [-0.4, -0.2) is 12.5 Å². The van der Waals surface area contributed by atoms with Gasteiger partial charge in [0.15, 0.2) is 0 Å². The van der Waals surface area contributed by atoms with Gasteiger partial charge in [-0.25, -0.2) is 0 Å². The number of carbonyl (C=O) groups is 1. The van der Waals surface area contributed by atoms with Crippen LogP contribution in [0, 0.1) is 27.7 Å². The van der Waals surface area contributed by atoms with Crippen molar-refractivity contribution in [2.75, 3.05) is 11.9 Å². The van der Waals surface area contributed by atoms with Crippen molar-refractivity contribution in [1.82, 2.24) is 0 Å². The number of anilines is 1. The van der Waals surface area contributed by atoms with E-state index >= 15 is 0 Å². The summed E-state index contributed by atoms with van der Waals surface area (Å²) in [6.07, 6.45) is 1.61. The molecule has 3 aromatic rings. The average Bonchev–Trinajstić information content (AvgIpc) is 2.95. The van der Waals surface area contributed by atoms with Gasteiger partial charge in [-0.1, -0.05) is 15.9 Å². The van der Waals surface area contributed by atoms with E-state index in [1.54, 1.807) is 6.08 Å². The van der Waals surface area contributed by atoms with Crippen LogP contribution >= 0.6 is 15.9 Å². The van der Waals surface area contributed by atoms with E-state index < -0.39 is 0 Å². The van der Waals surface area contributed by atoms with E-state index in [1.165, 1.54) is 0 Å². The molecule has 152 valence electrons. The number of allylic oxidation sites excluding steroid dienone is 1. The number of carbonyl (C=O) groups excluding carboxylic acids is 1. The summed E-state index contributed by atoms with van der Waals surface area (Å²) in [4.78, 5) is 12.6. The average molecular weight is 456 g/mol. The first-order valence-corrected chi connectivity index (χ1v) is 10.4. The molecule has 1 heterocycles. The van der Waals surface area contributed by atoms with Gasteiger partial charge in [0.25, 0.3) is 0 Å². The number of fused-ring (bicyclic) bond motifs is 1.